The molecule has 1 aromatic rings. The molecule has 1 aromatic carbocycles. The van der Waals surface area contributed by atoms with Crippen LogP contribution in [0.5, 0.6) is 0 Å². The van der Waals surface area contributed by atoms with Crippen LogP contribution in [0.3, 0.4) is 0 Å². The van der Waals surface area contributed by atoms with Gasteiger partial charge in [0.15, 0.2) is 0 Å². The van der Waals surface area contributed by atoms with Crippen LogP contribution in [0.1, 0.15) is 47.1 Å². The highest BCUT2D eigenvalue weighted by Crippen LogP contribution is 2.44. The van der Waals surface area contributed by atoms with Gasteiger partial charge in [0.2, 0.25) is 0 Å². The standard InChI is InChI=1S/C19H32OSSi/c1-16(2)22(17(3)4,18(5)6)14-10-13-21(20)15-19-11-8-7-9-12-19/h7-13,16-18H,14-15H2,1-6H3/b13-10+. The second-order valence-electron chi connectivity index (χ2n) is 7.16. The molecule has 0 aliphatic heterocycles. The first-order valence-corrected chi connectivity index (χ1v) is 12.2. The normalized spacial score (nSPS) is 14.4. The monoisotopic (exact) mass is 336 g/mol. The molecule has 0 aliphatic rings. The minimum Gasteiger partial charge on any atom is -0.255 e. The molecule has 0 aliphatic carbocycles. The van der Waals surface area contributed by atoms with Crippen molar-refractivity contribution in [2.75, 3.05) is 0 Å². The molecule has 0 bridgehead atoms. The van der Waals surface area contributed by atoms with E-state index in [2.05, 4.69) is 47.6 Å². The third-order valence-corrected chi connectivity index (χ3v) is 13.6. The van der Waals surface area contributed by atoms with E-state index in [1.54, 1.807) is 0 Å². The first kappa shape index (κ1) is 19.4. The maximum absolute atomic E-state index is 12.2. The molecule has 1 nitrogen and oxygen atoms in total. The van der Waals surface area contributed by atoms with Crippen molar-refractivity contribution in [3.8, 4) is 0 Å². The quantitative estimate of drug-likeness (QED) is 0.522. The lowest BCUT2D eigenvalue weighted by Gasteiger charge is -2.42. The Kier molecular flexibility index (Phi) is 7.77. The van der Waals surface area contributed by atoms with E-state index >= 15 is 0 Å². The molecule has 1 rings (SSSR count). The third kappa shape index (κ3) is 4.92. The van der Waals surface area contributed by atoms with Gasteiger partial charge in [-0.25, -0.2) is 0 Å². The number of allylic oxidation sites excluding steroid dienone is 1. The summed E-state index contributed by atoms with van der Waals surface area (Å²) in [7, 11) is -2.31. The Balaban J connectivity index is 2.74. The van der Waals surface area contributed by atoms with Crippen LogP contribution in [0.15, 0.2) is 41.8 Å². The van der Waals surface area contributed by atoms with Gasteiger partial charge in [-0.2, -0.15) is 0 Å². The summed E-state index contributed by atoms with van der Waals surface area (Å²) in [6.45, 7) is 14.3. The van der Waals surface area contributed by atoms with Gasteiger partial charge in [0.1, 0.15) is 0 Å². The van der Waals surface area contributed by atoms with Crippen molar-refractivity contribution in [1.29, 1.82) is 0 Å². The summed E-state index contributed by atoms with van der Waals surface area (Å²) in [6, 6.07) is 11.2. The van der Waals surface area contributed by atoms with Gasteiger partial charge < -0.3 is 0 Å². The lowest BCUT2D eigenvalue weighted by molar-refractivity contribution is 0.688. The number of hydrogen-bond donors (Lipinski definition) is 0. The lowest BCUT2D eigenvalue weighted by atomic mass is 10.2. The van der Waals surface area contributed by atoms with Gasteiger partial charge >= 0.3 is 0 Å². The van der Waals surface area contributed by atoms with Gasteiger partial charge in [0.05, 0.1) is 13.8 Å². The van der Waals surface area contributed by atoms with Gasteiger partial charge in [-0.1, -0.05) is 94.6 Å². The fraction of sp³-hybridized carbons (Fsp3) is 0.579. The Labute approximate surface area is 140 Å². The zero-order valence-corrected chi connectivity index (χ0v) is 16.8. The molecule has 3 heteroatoms. The van der Waals surface area contributed by atoms with Crippen LogP contribution < -0.4 is 0 Å². The minimum absolute atomic E-state index is 0.622. The van der Waals surface area contributed by atoms with Gasteiger partial charge in [0, 0.05) is 10.8 Å². The van der Waals surface area contributed by atoms with Gasteiger partial charge in [-0.05, 0) is 17.0 Å². The van der Waals surface area contributed by atoms with Crippen molar-refractivity contribution in [3.63, 3.8) is 0 Å². The molecule has 22 heavy (non-hydrogen) atoms. The van der Waals surface area contributed by atoms with Crippen molar-refractivity contribution < 1.29 is 4.21 Å². The third-order valence-electron chi connectivity index (χ3n) is 5.10. The molecule has 0 amide bonds. The van der Waals surface area contributed by atoms with E-state index < -0.39 is 18.9 Å². The Morgan fingerprint density at radius 3 is 1.91 bits per heavy atom. The summed E-state index contributed by atoms with van der Waals surface area (Å²) >= 11 is 0. The van der Waals surface area contributed by atoms with Crippen molar-refractivity contribution in [3.05, 3.63) is 47.4 Å². The van der Waals surface area contributed by atoms with E-state index in [0.717, 1.165) is 28.2 Å². The predicted octanol–water partition coefficient (Wildman–Crippen LogP) is 6.13. The molecule has 1 unspecified atom stereocenters. The Bertz CT molecular complexity index is 470. The van der Waals surface area contributed by atoms with Crippen LogP contribution >= 0.6 is 0 Å². The van der Waals surface area contributed by atoms with E-state index in [1.165, 1.54) is 0 Å². The van der Waals surface area contributed by atoms with Gasteiger partial charge in [-0.15, -0.1) is 0 Å². The molecule has 124 valence electrons. The molecule has 0 saturated heterocycles. The summed E-state index contributed by atoms with van der Waals surface area (Å²) < 4.78 is 12.2. The van der Waals surface area contributed by atoms with Crippen molar-refractivity contribution in [1.82, 2.24) is 0 Å². The van der Waals surface area contributed by atoms with Gasteiger partial charge in [-0.3, -0.25) is 4.21 Å². The Hall–Kier alpha value is -0.673. The molecule has 1 atom stereocenters. The Morgan fingerprint density at radius 1 is 0.955 bits per heavy atom. The number of benzene rings is 1. The molecule has 0 fully saturated rings. The van der Waals surface area contributed by atoms with E-state index in [1.807, 2.05) is 35.7 Å². The summed E-state index contributed by atoms with van der Waals surface area (Å²) in [5.74, 6) is 0.622. The molecule has 0 N–H and O–H groups in total. The van der Waals surface area contributed by atoms with Crippen LogP contribution in [0.25, 0.3) is 0 Å². The van der Waals surface area contributed by atoms with Crippen molar-refractivity contribution >= 4 is 18.9 Å². The van der Waals surface area contributed by atoms with E-state index in [0.29, 0.717) is 5.75 Å². The fourth-order valence-corrected chi connectivity index (χ4v) is 10.9. The summed E-state index contributed by atoms with van der Waals surface area (Å²) in [5.41, 5.74) is 3.39. The smallest absolute Gasteiger partial charge is 0.0650 e. The molecule has 0 aromatic heterocycles. The van der Waals surface area contributed by atoms with Crippen LogP contribution in [0.4, 0.5) is 0 Å². The maximum atomic E-state index is 12.2. The highest BCUT2D eigenvalue weighted by molar-refractivity contribution is 7.87. The number of rotatable bonds is 8. The number of hydrogen-bond acceptors (Lipinski definition) is 1. The minimum atomic E-state index is -1.41. The molecule has 0 spiro atoms. The molecular formula is C19H32OSSi. The topological polar surface area (TPSA) is 17.1 Å². The summed E-state index contributed by atoms with van der Waals surface area (Å²) in [5, 5.41) is 1.93. The van der Waals surface area contributed by atoms with Crippen LogP contribution in [0, 0.1) is 0 Å². The summed E-state index contributed by atoms with van der Waals surface area (Å²) in [4.78, 5) is 0. The molecular weight excluding hydrogens is 304 g/mol. The zero-order valence-electron chi connectivity index (χ0n) is 15.0. The second kappa shape index (κ2) is 8.83. The fourth-order valence-electron chi connectivity index (χ4n) is 3.85. The van der Waals surface area contributed by atoms with Gasteiger partial charge in [0.25, 0.3) is 0 Å². The molecule has 0 saturated carbocycles. The highest BCUT2D eigenvalue weighted by Gasteiger charge is 2.41. The van der Waals surface area contributed by atoms with Crippen LogP contribution in [-0.2, 0) is 16.6 Å². The first-order chi connectivity index (χ1) is 10.3. The van der Waals surface area contributed by atoms with Crippen LogP contribution in [-0.4, -0.2) is 12.3 Å². The first-order valence-electron chi connectivity index (χ1n) is 8.38. The SMILES string of the molecule is CC(C)[Si](C/C=C/S(=O)Cc1ccccc1)(C(C)C)C(C)C. The largest absolute Gasteiger partial charge is 0.255 e. The zero-order chi connectivity index (χ0) is 16.8. The highest BCUT2D eigenvalue weighted by atomic mass is 32.2. The Morgan fingerprint density at radius 2 is 1.45 bits per heavy atom. The maximum Gasteiger partial charge on any atom is 0.0650 e. The van der Waals surface area contributed by atoms with E-state index in [-0.39, 0.29) is 0 Å². The molecule has 0 heterocycles. The van der Waals surface area contributed by atoms with E-state index in [9.17, 15) is 4.21 Å². The van der Waals surface area contributed by atoms with Crippen molar-refractivity contribution in [2.24, 2.45) is 0 Å². The lowest BCUT2D eigenvalue weighted by Crippen LogP contribution is -2.43. The van der Waals surface area contributed by atoms with Crippen molar-refractivity contribution in [2.45, 2.75) is 70.0 Å². The van der Waals surface area contributed by atoms with E-state index in [4.69, 9.17) is 0 Å². The predicted molar refractivity (Wildman–Crippen MR) is 103 cm³/mol. The summed E-state index contributed by atoms with van der Waals surface area (Å²) in [6.07, 6.45) is 2.21. The molecule has 0 radical (unpaired) electrons. The average molecular weight is 337 g/mol. The van der Waals surface area contributed by atoms with Crippen LogP contribution in [0.2, 0.25) is 22.7 Å². The average Bonchev–Trinajstić information content (AvgIpc) is 2.43. The second-order valence-corrected chi connectivity index (χ2v) is 14.6.